The van der Waals surface area contributed by atoms with Crippen molar-refractivity contribution >= 4 is 33.7 Å². The third-order valence-corrected chi connectivity index (χ3v) is 6.19. The van der Waals surface area contributed by atoms with Gasteiger partial charge in [-0.25, -0.2) is 0 Å². The standard InChI is InChI=1S/C23H24N4O3/c1-28-16-3-4-17-18-14-27(7-6-19(18)24-20(17)13-16)15-2-5-22-21(12-15)25-23(30-22)26-8-10-29-11-9-26/h2-5,12-13,24H,6-11,14H2,1H3. The van der Waals surface area contributed by atoms with Gasteiger partial charge in [0, 0.05) is 66.5 Å². The van der Waals surface area contributed by atoms with E-state index < -0.39 is 0 Å². The monoisotopic (exact) mass is 404 g/mol. The van der Waals surface area contributed by atoms with Crippen LogP contribution < -0.4 is 14.5 Å². The first-order valence-corrected chi connectivity index (χ1v) is 10.4. The third-order valence-electron chi connectivity index (χ3n) is 6.19. The molecule has 0 amide bonds. The molecule has 7 heteroatoms. The van der Waals surface area contributed by atoms with Gasteiger partial charge < -0.3 is 28.7 Å². The van der Waals surface area contributed by atoms with Crippen LogP contribution in [0.2, 0.25) is 0 Å². The predicted octanol–water partition coefficient (Wildman–Crippen LogP) is 3.72. The minimum absolute atomic E-state index is 0.692. The van der Waals surface area contributed by atoms with Gasteiger partial charge in [-0.05, 0) is 30.3 Å². The van der Waals surface area contributed by atoms with Gasteiger partial charge in [-0.1, -0.05) is 0 Å². The average molecular weight is 404 g/mol. The summed E-state index contributed by atoms with van der Waals surface area (Å²) in [5.74, 6) is 0.880. The number of morpholine rings is 1. The normalized spacial score (nSPS) is 17.0. The smallest absolute Gasteiger partial charge is 0.298 e. The summed E-state index contributed by atoms with van der Waals surface area (Å²) in [6, 6.07) is 13.3. The summed E-state index contributed by atoms with van der Waals surface area (Å²) in [6.07, 6.45) is 0.988. The van der Waals surface area contributed by atoms with E-state index in [-0.39, 0.29) is 0 Å². The fourth-order valence-electron chi connectivity index (χ4n) is 4.54. The molecule has 7 nitrogen and oxygen atoms in total. The molecule has 2 aromatic heterocycles. The van der Waals surface area contributed by atoms with E-state index >= 15 is 0 Å². The van der Waals surface area contributed by atoms with E-state index in [0.29, 0.717) is 6.01 Å². The van der Waals surface area contributed by atoms with Gasteiger partial charge >= 0.3 is 0 Å². The molecule has 1 fully saturated rings. The summed E-state index contributed by atoms with van der Waals surface area (Å²) >= 11 is 0. The number of nitrogens with zero attached hydrogens (tertiary/aromatic N) is 3. The minimum atomic E-state index is 0.692. The highest BCUT2D eigenvalue weighted by atomic mass is 16.5. The van der Waals surface area contributed by atoms with Crippen molar-refractivity contribution in [3.63, 3.8) is 0 Å². The Balaban J connectivity index is 1.30. The second kappa shape index (κ2) is 6.95. The van der Waals surface area contributed by atoms with Gasteiger partial charge in [-0.3, -0.25) is 0 Å². The number of methoxy groups -OCH3 is 1. The van der Waals surface area contributed by atoms with Crippen LogP contribution in [0.25, 0.3) is 22.0 Å². The van der Waals surface area contributed by atoms with Crippen molar-refractivity contribution in [2.24, 2.45) is 0 Å². The van der Waals surface area contributed by atoms with E-state index in [0.717, 1.165) is 68.2 Å². The molecule has 1 N–H and O–H groups in total. The van der Waals surface area contributed by atoms with Crippen LogP contribution in [-0.2, 0) is 17.7 Å². The highest BCUT2D eigenvalue weighted by Gasteiger charge is 2.22. The molecule has 1 saturated heterocycles. The highest BCUT2D eigenvalue weighted by Crippen LogP contribution is 2.33. The molecule has 2 aromatic carbocycles. The van der Waals surface area contributed by atoms with Crippen LogP contribution in [0.15, 0.2) is 40.8 Å². The molecular formula is C23H24N4O3. The Labute approximate surface area is 174 Å². The Kier molecular flexibility index (Phi) is 4.09. The molecule has 4 heterocycles. The lowest BCUT2D eigenvalue weighted by molar-refractivity contribution is 0.120. The second-order valence-corrected chi connectivity index (χ2v) is 7.91. The van der Waals surface area contributed by atoms with Gasteiger partial charge in [0.1, 0.15) is 11.3 Å². The van der Waals surface area contributed by atoms with Gasteiger partial charge in [0.05, 0.1) is 20.3 Å². The Hall–Kier alpha value is -3.19. The Bertz CT molecular complexity index is 1220. The maximum Gasteiger partial charge on any atom is 0.298 e. The van der Waals surface area contributed by atoms with Crippen LogP contribution in [0.3, 0.4) is 0 Å². The zero-order valence-electron chi connectivity index (χ0n) is 17.0. The van der Waals surface area contributed by atoms with E-state index in [1.165, 1.54) is 22.3 Å². The lowest BCUT2D eigenvalue weighted by Crippen LogP contribution is -2.36. The number of ether oxygens (including phenoxy) is 2. The van der Waals surface area contributed by atoms with Crippen molar-refractivity contribution in [3.05, 3.63) is 47.7 Å². The van der Waals surface area contributed by atoms with Crippen LogP contribution in [0.4, 0.5) is 11.7 Å². The van der Waals surface area contributed by atoms with Crippen LogP contribution in [0, 0.1) is 0 Å². The van der Waals surface area contributed by atoms with Crippen molar-refractivity contribution in [3.8, 4) is 5.75 Å². The summed E-state index contributed by atoms with van der Waals surface area (Å²) in [4.78, 5) is 12.9. The number of anilines is 2. The van der Waals surface area contributed by atoms with Gasteiger partial charge in [0.15, 0.2) is 5.58 Å². The molecule has 2 aliphatic rings. The van der Waals surface area contributed by atoms with Crippen molar-refractivity contribution in [1.29, 1.82) is 0 Å². The van der Waals surface area contributed by atoms with E-state index in [4.69, 9.17) is 18.9 Å². The van der Waals surface area contributed by atoms with Crippen molar-refractivity contribution in [2.45, 2.75) is 13.0 Å². The molecule has 0 bridgehead atoms. The van der Waals surface area contributed by atoms with Gasteiger partial charge in [0.25, 0.3) is 6.01 Å². The lowest BCUT2D eigenvalue weighted by atomic mass is 10.0. The number of hydrogen-bond acceptors (Lipinski definition) is 6. The molecule has 0 radical (unpaired) electrons. The van der Waals surface area contributed by atoms with E-state index in [1.54, 1.807) is 7.11 Å². The molecule has 0 unspecified atom stereocenters. The number of oxazole rings is 1. The number of aromatic nitrogens is 2. The molecule has 4 aromatic rings. The molecule has 0 saturated carbocycles. The molecule has 30 heavy (non-hydrogen) atoms. The molecular weight excluding hydrogens is 380 g/mol. The van der Waals surface area contributed by atoms with Crippen molar-refractivity contribution < 1.29 is 13.9 Å². The van der Waals surface area contributed by atoms with Gasteiger partial charge in [-0.15, -0.1) is 0 Å². The van der Waals surface area contributed by atoms with Gasteiger partial charge in [0.2, 0.25) is 0 Å². The summed E-state index contributed by atoms with van der Waals surface area (Å²) in [7, 11) is 1.70. The number of nitrogens with one attached hydrogen (secondary N) is 1. The fourth-order valence-corrected chi connectivity index (χ4v) is 4.54. The molecule has 0 aliphatic carbocycles. The van der Waals surface area contributed by atoms with Crippen LogP contribution >= 0.6 is 0 Å². The van der Waals surface area contributed by atoms with E-state index in [2.05, 4.69) is 39.0 Å². The Morgan fingerprint density at radius 1 is 1.03 bits per heavy atom. The fraction of sp³-hybridized carbons (Fsp3) is 0.348. The zero-order chi connectivity index (χ0) is 20.1. The topological polar surface area (TPSA) is 66.8 Å². The van der Waals surface area contributed by atoms with Crippen molar-refractivity contribution in [1.82, 2.24) is 9.97 Å². The Morgan fingerprint density at radius 3 is 2.80 bits per heavy atom. The number of H-pyrrole nitrogens is 1. The average Bonchev–Trinajstić information content (AvgIpc) is 3.39. The molecule has 0 spiro atoms. The number of hydrogen-bond donors (Lipinski definition) is 1. The summed E-state index contributed by atoms with van der Waals surface area (Å²) in [5, 5.41) is 1.27. The van der Waals surface area contributed by atoms with Crippen molar-refractivity contribution in [2.75, 3.05) is 49.8 Å². The van der Waals surface area contributed by atoms with E-state index in [1.807, 2.05) is 12.1 Å². The first kappa shape index (κ1) is 17.7. The summed E-state index contributed by atoms with van der Waals surface area (Å²) in [6.45, 7) is 4.92. The number of aromatic amines is 1. The van der Waals surface area contributed by atoms with Crippen LogP contribution in [0.1, 0.15) is 11.3 Å². The zero-order valence-corrected chi connectivity index (χ0v) is 17.0. The highest BCUT2D eigenvalue weighted by molar-refractivity contribution is 5.87. The summed E-state index contributed by atoms with van der Waals surface area (Å²) in [5.41, 5.74) is 6.75. The van der Waals surface area contributed by atoms with Crippen LogP contribution in [-0.4, -0.2) is 49.9 Å². The van der Waals surface area contributed by atoms with Gasteiger partial charge in [-0.2, -0.15) is 4.98 Å². The SMILES string of the molecule is COc1ccc2c3c([nH]c2c1)CCN(c1ccc2oc(N4CCOCC4)nc2c1)C3. The lowest BCUT2D eigenvalue weighted by Gasteiger charge is -2.29. The maximum atomic E-state index is 6.00. The first-order chi connectivity index (χ1) is 14.8. The van der Waals surface area contributed by atoms with Crippen LogP contribution in [0.5, 0.6) is 5.75 Å². The second-order valence-electron chi connectivity index (χ2n) is 7.91. The van der Waals surface area contributed by atoms with E-state index in [9.17, 15) is 0 Å². The molecule has 6 rings (SSSR count). The number of fused-ring (bicyclic) bond motifs is 4. The quantitative estimate of drug-likeness (QED) is 0.561. The Morgan fingerprint density at radius 2 is 1.93 bits per heavy atom. The first-order valence-electron chi connectivity index (χ1n) is 10.4. The minimum Gasteiger partial charge on any atom is -0.497 e. The number of rotatable bonds is 3. The molecule has 2 aliphatic heterocycles. The third kappa shape index (κ3) is 2.89. The largest absolute Gasteiger partial charge is 0.497 e. The maximum absolute atomic E-state index is 6.00. The molecule has 0 atom stereocenters. The number of benzene rings is 2. The predicted molar refractivity (Wildman–Crippen MR) is 117 cm³/mol. The summed E-state index contributed by atoms with van der Waals surface area (Å²) < 4.78 is 16.8. The molecule has 154 valence electrons.